The van der Waals surface area contributed by atoms with Crippen LogP contribution in [0.1, 0.15) is 0 Å². The lowest BCUT2D eigenvalue weighted by Crippen LogP contribution is -1.91. The summed E-state index contributed by atoms with van der Waals surface area (Å²) < 4.78 is 2.66. The standard InChI is InChI=1S/C30H20S/c1-4-12-21(13-5-1)25-20-27-30(24-18-10-11-19-26(24)31-27)29(23-16-8-3-9-17-23)28(25)22-14-6-2-7-15-22/h1-20H. The molecular weight excluding hydrogens is 392 g/mol. The molecule has 0 saturated heterocycles. The molecule has 1 aromatic heterocycles. The van der Waals surface area contributed by atoms with E-state index in [1.54, 1.807) is 0 Å². The Morgan fingerprint density at radius 3 is 1.58 bits per heavy atom. The van der Waals surface area contributed by atoms with Crippen LogP contribution in [0, 0.1) is 0 Å². The summed E-state index contributed by atoms with van der Waals surface area (Å²) in [7, 11) is 0. The largest absolute Gasteiger partial charge is 0.135 e. The number of thiophene rings is 1. The molecule has 0 aliphatic rings. The molecule has 0 aliphatic heterocycles. The zero-order valence-electron chi connectivity index (χ0n) is 17.0. The molecular formula is C30H20S. The third-order valence-corrected chi connectivity index (χ3v) is 7.00. The lowest BCUT2D eigenvalue weighted by molar-refractivity contribution is 1.59. The van der Waals surface area contributed by atoms with Crippen molar-refractivity contribution in [2.24, 2.45) is 0 Å². The Morgan fingerprint density at radius 1 is 0.419 bits per heavy atom. The highest BCUT2D eigenvalue weighted by molar-refractivity contribution is 7.26. The minimum absolute atomic E-state index is 1.25. The topological polar surface area (TPSA) is 0 Å². The van der Waals surface area contributed by atoms with Crippen molar-refractivity contribution in [3.05, 3.63) is 121 Å². The fourth-order valence-corrected chi connectivity index (χ4v) is 5.68. The summed E-state index contributed by atoms with van der Waals surface area (Å²) in [6.45, 7) is 0. The van der Waals surface area contributed by atoms with Gasteiger partial charge in [-0.2, -0.15) is 0 Å². The minimum atomic E-state index is 1.25. The van der Waals surface area contributed by atoms with E-state index in [9.17, 15) is 0 Å². The predicted octanol–water partition coefficient (Wildman–Crippen LogP) is 9.06. The summed E-state index contributed by atoms with van der Waals surface area (Å²) in [6, 6.07) is 43.6. The highest BCUT2D eigenvalue weighted by Crippen LogP contribution is 2.49. The third kappa shape index (κ3) is 3.06. The van der Waals surface area contributed by atoms with E-state index in [2.05, 4.69) is 121 Å². The molecule has 0 aliphatic carbocycles. The average molecular weight is 413 g/mol. The van der Waals surface area contributed by atoms with Crippen LogP contribution in [-0.2, 0) is 0 Å². The fourth-order valence-electron chi connectivity index (χ4n) is 4.53. The first-order chi connectivity index (χ1) is 15.4. The van der Waals surface area contributed by atoms with Crippen molar-refractivity contribution in [3.63, 3.8) is 0 Å². The van der Waals surface area contributed by atoms with Crippen LogP contribution in [0.15, 0.2) is 121 Å². The fraction of sp³-hybridized carbons (Fsp3) is 0. The molecule has 1 heterocycles. The van der Waals surface area contributed by atoms with E-state index in [-0.39, 0.29) is 0 Å². The van der Waals surface area contributed by atoms with E-state index >= 15 is 0 Å². The molecule has 5 aromatic carbocycles. The van der Waals surface area contributed by atoms with Crippen LogP contribution in [0.2, 0.25) is 0 Å². The normalized spacial score (nSPS) is 11.2. The maximum Gasteiger partial charge on any atom is 0.0368 e. The van der Waals surface area contributed by atoms with Crippen molar-refractivity contribution >= 4 is 31.5 Å². The Balaban J connectivity index is 1.86. The molecule has 146 valence electrons. The van der Waals surface area contributed by atoms with Gasteiger partial charge in [-0.15, -0.1) is 11.3 Å². The summed E-state index contributed by atoms with van der Waals surface area (Å²) in [6.07, 6.45) is 0. The Labute approximate surface area is 186 Å². The van der Waals surface area contributed by atoms with Gasteiger partial charge < -0.3 is 0 Å². The smallest absolute Gasteiger partial charge is 0.0368 e. The zero-order valence-corrected chi connectivity index (χ0v) is 17.8. The molecule has 0 atom stereocenters. The van der Waals surface area contributed by atoms with Crippen LogP contribution in [0.5, 0.6) is 0 Å². The number of hydrogen-bond donors (Lipinski definition) is 0. The SMILES string of the molecule is c1ccc(-c2cc3sc4ccccc4c3c(-c3ccccc3)c2-c2ccccc2)cc1. The van der Waals surface area contributed by atoms with Crippen LogP contribution in [0.3, 0.4) is 0 Å². The number of fused-ring (bicyclic) bond motifs is 3. The number of rotatable bonds is 3. The van der Waals surface area contributed by atoms with E-state index < -0.39 is 0 Å². The second-order valence-electron chi connectivity index (χ2n) is 7.74. The molecule has 0 bridgehead atoms. The van der Waals surface area contributed by atoms with Crippen molar-refractivity contribution in [2.75, 3.05) is 0 Å². The first-order valence-electron chi connectivity index (χ1n) is 10.5. The van der Waals surface area contributed by atoms with Gasteiger partial charge in [-0.25, -0.2) is 0 Å². The van der Waals surface area contributed by atoms with Crippen LogP contribution in [0.4, 0.5) is 0 Å². The molecule has 6 rings (SSSR count). The zero-order chi connectivity index (χ0) is 20.6. The predicted molar refractivity (Wildman–Crippen MR) is 136 cm³/mol. The Hall–Kier alpha value is -3.68. The molecule has 1 heteroatoms. The first-order valence-corrected chi connectivity index (χ1v) is 11.4. The number of hydrogen-bond acceptors (Lipinski definition) is 1. The molecule has 0 nitrogen and oxygen atoms in total. The van der Waals surface area contributed by atoms with E-state index in [4.69, 9.17) is 0 Å². The monoisotopic (exact) mass is 412 g/mol. The van der Waals surface area contributed by atoms with E-state index in [1.165, 1.54) is 53.6 Å². The highest BCUT2D eigenvalue weighted by atomic mass is 32.1. The van der Waals surface area contributed by atoms with Crippen molar-refractivity contribution in [1.82, 2.24) is 0 Å². The van der Waals surface area contributed by atoms with Crippen molar-refractivity contribution in [1.29, 1.82) is 0 Å². The van der Waals surface area contributed by atoms with Crippen LogP contribution < -0.4 is 0 Å². The molecule has 31 heavy (non-hydrogen) atoms. The maximum absolute atomic E-state index is 2.39. The molecule has 0 unspecified atom stereocenters. The molecule has 0 fully saturated rings. The van der Waals surface area contributed by atoms with Gasteiger partial charge >= 0.3 is 0 Å². The number of benzene rings is 5. The molecule has 0 saturated carbocycles. The van der Waals surface area contributed by atoms with Gasteiger partial charge in [0.05, 0.1) is 0 Å². The van der Waals surface area contributed by atoms with Gasteiger partial charge in [0.1, 0.15) is 0 Å². The van der Waals surface area contributed by atoms with Gasteiger partial charge in [0.15, 0.2) is 0 Å². The maximum atomic E-state index is 2.39. The molecule has 0 spiro atoms. The quantitative estimate of drug-likeness (QED) is 0.272. The second kappa shape index (κ2) is 7.54. The van der Waals surface area contributed by atoms with E-state index in [0.29, 0.717) is 0 Å². The van der Waals surface area contributed by atoms with Gasteiger partial charge in [-0.1, -0.05) is 109 Å². The Kier molecular flexibility index (Phi) is 4.40. The van der Waals surface area contributed by atoms with Crippen molar-refractivity contribution in [2.45, 2.75) is 0 Å². The summed E-state index contributed by atoms with van der Waals surface area (Å²) in [5, 5.41) is 2.68. The highest BCUT2D eigenvalue weighted by Gasteiger charge is 2.20. The van der Waals surface area contributed by atoms with Crippen molar-refractivity contribution in [3.8, 4) is 33.4 Å². The molecule has 0 radical (unpaired) electrons. The van der Waals surface area contributed by atoms with Crippen LogP contribution >= 0.6 is 11.3 Å². The molecule has 0 N–H and O–H groups in total. The second-order valence-corrected chi connectivity index (χ2v) is 8.83. The van der Waals surface area contributed by atoms with Gasteiger partial charge in [-0.05, 0) is 45.5 Å². The van der Waals surface area contributed by atoms with Gasteiger partial charge in [-0.3, -0.25) is 0 Å². The average Bonchev–Trinajstić information content (AvgIpc) is 3.23. The summed E-state index contributed by atoms with van der Waals surface area (Å²) in [4.78, 5) is 0. The van der Waals surface area contributed by atoms with E-state index in [0.717, 1.165) is 0 Å². The van der Waals surface area contributed by atoms with E-state index in [1.807, 2.05) is 11.3 Å². The molecule has 0 amide bonds. The van der Waals surface area contributed by atoms with Crippen LogP contribution in [0.25, 0.3) is 53.6 Å². The molecule has 6 aromatic rings. The lowest BCUT2D eigenvalue weighted by Gasteiger charge is -2.18. The third-order valence-electron chi connectivity index (χ3n) is 5.88. The minimum Gasteiger partial charge on any atom is -0.135 e. The van der Waals surface area contributed by atoms with Gasteiger partial charge in [0, 0.05) is 20.2 Å². The lowest BCUT2D eigenvalue weighted by atomic mass is 9.85. The van der Waals surface area contributed by atoms with Crippen molar-refractivity contribution < 1.29 is 0 Å². The first kappa shape index (κ1) is 18.1. The van der Waals surface area contributed by atoms with Crippen LogP contribution in [-0.4, -0.2) is 0 Å². The van der Waals surface area contributed by atoms with Gasteiger partial charge in [0.2, 0.25) is 0 Å². The Morgan fingerprint density at radius 2 is 0.935 bits per heavy atom. The summed E-state index contributed by atoms with van der Waals surface area (Å²) in [5.41, 5.74) is 7.65. The summed E-state index contributed by atoms with van der Waals surface area (Å²) >= 11 is 1.88. The van der Waals surface area contributed by atoms with Gasteiger partial charge in [0.25, 0.3) is 0 Å². The summed E-state index contributed by atoms with van der Waals surface area (Å²) in [5.74, 6) is 0. The Bertz CT molecular complexity index is 1490.